The minimum absolute atomic E-state index is 0.227. The number of halogens is 3. The van der Waals surface area contributed by atoms with Gasteiger partial charge in [-0.05, 0) is 6.42 Å². The molecule has 90 valence electrons. The van der Waals surface area contributed by atoms with Crippen LogP contribution < -0.4 is 0 Å². The van der Waals surface area contributed by atoms with Crippen LogP contribution in [0.4, 0.5) is 13.2 Å². The van der Waals surface area contributed by atoms with E-state index in [0.29, 0.717) is 0 Å². The average Bonchev–Trinajstić information content (AvgIpc) is 1.96. The van der Waals surface area contributed by atoms with E-state index in [-0.39, 0.29) is 12.8 Å². The summed E-state index contributed by atoms with van der Waals surface area (Å²) in [7, 11) is -5.54. The predicted octanol–water partition coefficient (Wildman–Crippen LogP) is 1.40. The van der Waals surface area contributed by atoms with Crippen molar-refractivity contribution in [2.45, 2.75) is 31.8 Å². The third-order valence-corrected chi connectivity index (χ3v) is 2.29. The lowest BCUT2D eigenvalue weighted by atomic mass is 10.3. The van der Waals surface area contributed by atoms with Crippen molar-refractivity contribution in [3.05, 3.63) is 0 Å². The molecule has 0 unspecified atom stereocenters. The van der Waals surface area contributed by atoms with Gasteiger partial charge in [0, 0.05) is 6.42 Å². The van der Waals surface area contributed by atoms with E-state index in [9.17, 15) is 22.5 Å². The maximum absolute atomic E-state index is 12.0. The summed E-state index contributed by atoms with van der Waals surface area (Å²) in [5, 5.41) is 0. The number of carbonyl (C=O) groups is 1. The zero-order valence-corrected chi connectivity index (χ0v) is 8.59. The summed E-state index contributed by atoms with van der Waals surface area (Å²) in [6.45, 7) is 1.52. The summed E-state index contributed by atoms with van der Waals surface area (Å²) in [5.41, 5.74) is 0. The van der Waals surface area contributed by atoms with E-state index < -0.39 is 25.6 Å². The molecule has 0 aromatic heterocycles. The largest absolute Gasteiger partial charge is 0.439 e. The summed E-state index contributed by atoms with van der Waals surface area (Å²) in [5.74, 6) is -4.66. The molecule has 0 aliphatic heterocycles. The molecule has 2 N–H and O–H groups in total. The maximum Gasteiger partial charge on any atom is 0.437 e. The number of carbonyl (C=O) groups excluding carboxylic acids is 1. The Labute approximate surface area is 83.4 Å². The molecule has 0 saturated carbocycles. The van der Waals surface area contributed by atoms with Gasteiger partial charge in [0.2, 0.25) is 0 Å². The van der Waals surface area contributed by atoms with Crippen molar-refractivity contribution in [2.24, 2.45) is 0 Å². The molecule has 1 atom stereocenters. The Kier molecular flexibility index (Phi) is 4.76. The monoisotopic (exact) mass is 250 g/mol. The van der Waals surface area contributed by atoms with Crippen LogP contribution in [-0.2, 0) is 14.1 Å². The number of rotatable bonds is 4. The Hall–Kier alpha value is -0.590. The highest BCUT2D eigenvalue weighted by molar-refractivity contribution is 7.52. The van der Waals surface area contributed by atoms with Crippen molar-refractivity contribution in [3.8, 4) is 0 Å². The molecule has 9 heteroatoms. The highest BCUT2D eigenvalue weighted by atomic mass is 31.2. The van der Waals surface area contributed by atoms with Gasteiger partial charge in [-0.2, -0.15) is 13.2 Å². The van der Waals surface area contributed by atoms with Crippen LogP contribution >= 0.6 is 7.60 Å². The number of ether oxygens (including phenoxy) is 1. The summed E-state index contributed by atoms with van der Waals surface area (Å²) < 4.78 is 50.2. The minimum Gasteiger partial charge on any atom is -0.439 e. The lowest BCUT2D eigenvalue weighted by molar-refractivity contribution is -0.202. The highest BCUT2D eigenvalue weighted by Gasteiger charge is 2.54. The highest BCUT2D eigenvalue weighted by Crippen LogP contribution is 2.49. The molecule has 0 aromatic carbocycles. The van der Waals surface area contributed by atoms with Crippen LogP contribution in [0, 0.1) is 0 Å². The van der Waals surface area contributed by atoms with E-state index in [1.807, 2.05) is 0 Å². The number of hydrogen-bond acceptors (Lipinski definition) is 3. The van der Waals surface area contributed by atoms with Crippen LogP contribution in [0.2, 0.25) is 0 Å². The third-order valence-electron chi connectivity index (χ3n) is 1.28. The predicted molar refractivity (Wildman–Crippen MR) is 42.9 cm³/mol. The Bertz CT molecular complexity index is 270. The van der Waals surface area contributed by atoms with E-state index in [1.54, 1.807) is 0 Å². The summed E-state index contributed by atoms with van der Waals surface area (Å²) >= 11 is 0. The lowest BCUT2D eigenvalue weighted by Crippen LogP contribution is -2.33. The molecule has 0 amide bonds. The normalized spacial score (nSPS) is 14.8. The molecule has 0 fully saturated rings. The first kappa shape index (κ1) is 14.4. The van der Waals surface area contributed by atoms with E-state index in [4.69, 9.17) is 9.79 Å². The van der Waals surface area contributed by atoms with Gasteiger partial charge in [-0.25, -0.2) is 0 Å². The van der Waals surface area contributed by atoms with Crippen LogP contribution in [0.1, 0.15) is 19.8 Å². The maximum atomic E-state index is 12.0. The van der Waals surface area contributed by atoms with Crippen molar-refractivity contribution in [3.63, 3.8) is 0 Å². The van der Waals surface area contributed by atoms with Gasteiger partial charge < -0.3 is 14.5 Å². The third kappa shape index (κ3) is 5.15. The first-order valence-corrected chi connectivity index (χ1v) is 5.58. The smallest absolute Gasteiger partial charge is 0.437 e. The first-order valence-electron chi connectivity index (χ1n) is 3.90. The summed E-state index contributed by atoms with van der Waals surface area (Å²) in [4.78, 5) is 27.4. The van der Waals surface area contributed by atoms with Crippen LogP contribution in [0.3, 0.4) is 0 Å². The standard InChI is InChI=1S/C6H10F3O5P/c1-2-3-4(10)14-5(6(7,8)9)15(11,12)13/h5H,2-3H2,1H3,(H2,11,12,13)/t5-/m0/s1. The van der Waals surface area contributed by atoms with Crippen LogP contribution in [0.25, 0.3) is 0 Å². The van der Waals surface area contributed by atoms with Gasteiger partial charge in [0.1, 0.15) is 0 Å². The molecular weight excluding hydrogens is 240 g/mol. The fraction of sp³-hybridized carbons (Fsp3) is 0.833. The Morgan fingerprint density at radius 2 is 1.93 bits per heavy atom. The summed E-state index contributed by atoms with van der Waals surface area (Å²) in [6.07, 6.45) is -5.38. The van der Waals surface area contributed by atoms with Crippen molar-refractivity contribution in [2.75, 3.05) is 0 Å². The second kappa shape index (κ2) is 4.96. The number of alkyl halides is 3. The van der Waals surface area contributed by atoms with Gasteiger partial charge in [-0.15, -0.1) is 0 Å². The van der Waals surface area contributed by atoms with E-state index in [1.165, 1.54) is 6.92 Å². The molecule has 0 saturated heterocycles. The zero-order valence-electron chi connectivity index (χ0n) is 7.69. The molecule has 5 nitrogen and oxygen atoms in total. The van der Waals surface area contributed by atoms with Gasteiger partial charge in [-0.1, -0.05) is 6.92 Å². The van der Waals surface area contributed by atoms with Gasteiger partial charge in [0.25, 0.3) is 5.85 Å². The van der Waals surface area contributed by atoms with Gasteiger partial charge in [0.05, 0.1) is 0 Å². The van der Waals surface area contributed by atoms with Crippen LogP contribution in [0.15, 0.2) is 0 Å². The Morgan fingerprint density at radius 1 is 1.47 bits per heavy atom. The molecule has 15 heavy (non-hydrogen) atoms. The van der Waals surface area contributed by atoms with E-state index in [0.717, 1.165) is 0 Å². The molecule has 0 spiro atoms. The first-order chi connectivity index (χ1) is 6.59. The molecule has 0 aliphatic rings. The average molecular weight is 250 g/mol. The van der Waals surface area contributed by atoms with Crippen molar-refractivity contribution >= 4 is 13.6 Å². The molecule has 0 radical (unpaired) electrons. The van der Waals surface area contributed by atoms with Crippen molar-refractivity contribution < 1.29 is 37.1 Å². The molecule has 0 bridgehead atoms. The Balaban J connectivity index is 4.70. The molecule has 0 aromatic rings. The molecular formula is C6H10F3O5P. The number of hydrogen-bond donors (Lipinski definition) is 2. The SMILES string of the molecule is CCCC(=O)O[C@H](C(F)(F)F)P(=O)(O)O. The van der Waals surface area contributed by atoms with Crippen LogP contribution in [0.5, 0.6) is 0 Å². The quantitative estimate of drug-likeness (QED) is 0.582. The lowest BCUT2D eigenvalue weighted by Gasteiger charge is -2.21. The molecule has 0 rings (SSSR count). The minimum atomic E-state index is -5.54. The Morgan fingerprint density at radius 3 is 2.20 bits per heavy atom. The second-order valence-corrected chi connectivity index (χ2v) is 4.37. The van der Waals surface area contributed by atoms with Gasteiger partial charge >= 0.3 is 19.7 Å². The summed E-state index contributed by atoms with van der Waals surface area (Å²) in [6, 6.07) is 0. The van der Waals surface area contributed by atoms with E-state index >= 15 is 0 Å². The van der Waals surface area contributed by atoms with Crippen molar-refractivity contribution in [1.82, 2.24) is 0 Å². The molecule has 0 heterocycles. The van der Waals surface area contributed by atoms with Gasteiger partial charge in [-0.3, -0.25) is 9.36 Å². The number of esters is 1. The zero-order chi connectivity index (χ0) is 12.3. The van der Waals surface area contributed by atoms with Crippen molar-refractivity contribution in [1.29, 1.82) is 0 Å². The fourth-order valence-corrected chi connectivity index (χ4v) is 1.35. The second-order valence-electron chi connectivity index (χ2n) is 2.72. The van der Waals surface area contributed by atoms with Crippen LogP contribution in [-0.4, -0.2) is 27.8 Å². The molecule has 0 aliphatic carbocycles. The fourth-order valence-electron chi connectivity index (χ4n) is 0.714. The van der Waals surface area contributed by atoms with Gasteiger partial charge in [0.15, 0.2) is 0 Å². The topological polar surface area (TPSA) is 83.8 Å². The van der Waals surface area contributed by atoms with E-state index in [2.05, 4.69) is 4.74 Å².